The van der Waals surface area contributed by atoms with Gasteiger partial charge in [-0.3, -0.25) is 14.9 Å². The topological polar surface area (TPSA) is 80.2 Å². The molecule has 2 aromatic carbocycles. The van der Waals surface area contributed by atoms with Crippen molar-refractivity contribution in [2.24, 2.45) is 0 Å². The van der Waals surface area contributed by atoms with E-state index in [-0.39, 0.29) is 12.1 Å². The van der Waals surface area contributed by atoms with Crippen molar-refractivity contribution in [3.63, 3.8) is 0 Å². The van der Waals surface area contributed by atoms with Gasteiger partial charge in [0.1, 0.15) is 0 Å². The number of pyridine rings is 1. The van der Waals surface area contributed by atoms with Gasteiger partial charge in [-0.25, -0.2) is 4.79 Å². The number of carbonyl (C=O) groups is 2. The predicted molar refractivity (Wildman–Crippen MR) is 104 cm³/mol. The lowest BCUT2D eigenvalue weighted by Crippen LogP contribution is -2.34. The number of carbonyl (C=O) groups excluding carboxylic acids is 2. The minimum atomic E-state index is -4.56. The summed E-state index contributed by atoms with van der Waals surface area (Å²) in [6, 6.07) is 15.3. The zero-order chi connectivity index (χ0) is 21.7. The molecule has 30 heavy (non-hydrogen) atoms. The van der Waals surface area contributed by atoms with E-state index in [2.05, 4.69) is 10.6 Å². The summed E-state index contributed by atoms with van der Waals surface area (Å²) in [6.45, 7) is -0.0981. The molecule has 1 aromatic heterocycles. The Hall–Kier alpha value is -3.88. The van der Waals surface area contributed by atoms with Crippen LogP contribution in [0.4, 0.5) is 23.7 Å². The highest BCUT2D eigenvalue weighted by molar-refractivity contribution is 6.07. The number of halogens is 3. The van der Waals surface area contributed by atoms with Gasteiger partial charge >= 0.3 is 12.2 Å². The summed E-state index contributed by atoms with van der Waals surface area (Å²) in [4.78, 5) is 35.9. The molecule has 0 saturated heterocycles. The van der Waals surface area contributed by atoms with Crippen LogP contribution in [-0.4, -0.2) is 16.5 Å². The highest BCUT2D eigenvalue weighted by Gasteiger charge is 2.31. The van der Waals surface area contributed by atoms with Gasteiger partial charge in [0.25, 0.3) is 11.5 Å². The number of hydrogen-bond donors (Lipinski definition) is 2. The Morgan fingerprint density at radius 3 is 2.20 bits per heavy atom. The van der Waals surface area contributed by atoms with Gasteiger partial charge in [-0.05, 0) is 35.9 Å². The van der Waals surface area contributed by atoms with Crippen LogP contribution in [0.2, 0.25) is 0 Å². The van der Waals surface area contributed by atoms with Crippen LogP contribution in [-0.2, 0) is 12.7 Å². The predicted octanol–water partition coefficient (Wildman–Crippen LogP) is 3.88. The number of hydrogen-bond acceptors (Lipinski definition) is 3. The maximum atomic E-state index is 12.8. The molecule has 0 fully saturated rings. The van der Waals surface area contributed by atoms with Crippen molar-refractivity contribution in [3.8, 4) is 0 Å². The molecule has 0 radical (unpaired) electrons. The first kappa shape index (κ1) is 20.8. The normalized spacial score (nSPS) is 11.0. The van der Waals surface area contributed by atoms with Gasteiger partial charge in [-0.2, -0.15) is 13.2 Å². The first-order valence-corrected chi connectivity index (χ1v) is 8.76. The van der Waals surface area contributed by atoms with Crippen LogP contribution in [0.3, 0.4) is 0 Å². The second-order valence-electron chi connectivity index (χ2n) is 6.35. The van der Waals surface area contributed by atoms with E-state index in [9.17, 15) is 27.6 Å². The van der Waals surface area contributed by atoms with Crippen molar-refractivity contribution in [1.82, 2.24) is 9.88 Å². The average Bonchev–Trinajstić information content (AvgIpc) is 2.70. The van der Waals surface area contributed by atoms with Gasteiger partial charge in [-0.1, -0.05) is 30.3 Å². The maximum absolute atomic E-state index is 12.8. The Morgan fingerprint density at radius 1 is 0.900 bits per heavy atom. The van der Waals surface area contributed by atoms with E-state index in [0.29, 0.717) is 11.3 Å². The summed E-state index contributed by atoms with van der Waals surface area (Å²) in [5, 5.41) is 4.69. The second-order valence-corrected chi connectivity index (χ2v) is 6.35. The third kappa shape index (κ3) is 5.34. The van der Waals surface area contributed by atoms with Crippen LogP contribution in [0, 0.1) is 0 Å². The molecule has 0 aliphatic rings. The van der Waals surface area contributed by atoms with Crippen molar-refractivity contribution in [3.05, 3.63) is 100.0 Å². The summed E-state index contributed by atoms with van der Waals surface area (Å²) >= 11 is 0. The van der Waals surface area contributed by atoms with E-state index < -0.39 is 29.2 Å². The van der Waals surface area contributed by atoms with Gasteiger partial charge in [0.05, 0.1) is 12.1 Å². The van der Waals surface area contributed by atoms with Crippen molar-refractivity contribution in [2.75, 3.05) is 5.32 Å². The van der Waals surface area contributed by atoms with Gasteiger partial charge in [0, 0.05) is 23.5 Å². The molecule has 9 heteroatoms. The summed E-state index contributed by atoms with van der Waals surface area (Å²) in [6.07, 6.45) is -3.81. The Bertz CT molecular complexity index is 1110. The molecule has 3 rings (SSSR count). The molecular weight excluding hydrogens is 399 g/mol. The number of rotatable bonds is 4. The summed E-state index contributed by atoms with van der Waals surface area (Å²) in [7, 11) is 0. The Kier molecular flexibility index (Phi) is 6.01. The first-order chi connectivity index (χ1) is 14.2. The number of benzene rings is 2. The Labute approximate surface area is 169 Å². The lowest BCUT2D eigenvalue weighted by atomic mass is 10.1. The average molecular weight is 415 g/mol. The molecular formula is C21H16F3N3O3. The van der Waals surface area contributed by atoms with Crippen LogP contribution in [0.25, 0.3) is 0 Å². The van der Waals surface area contributed by atoms with Crippen molar-refractivity contribution < 1.29 is 22.8 Å². The van der Waals surface area contributed by atoms with Crippen molar-refractivity contribution in [2.45, 2.75) is 12.7 Å². The molecule has 0 aliphatic carbocycles. The Balaban J connectivity index is 1.66. The summed E-state index contributed by atoms with van der Waals surface area (Å²) < 4.78 is 39.4. The molecule has 0 atom stereocenters. The van der Waals surface area contributed by atoms with Gasteiger partial charge in [0.2, 0.25) is 0 Å². The highest BCUT2D eigenvalue weighted by Crippen LogP contribution is 2.28. The smallest absolute Gasteiger partial charge is 0.311 e. The second kappa shape index (κ2) is 8.64. The molecule has 0 saturated carbocycles. The highest BCUT2D eigenvalue weighted by atomic mass is 19.4. The van der Waals surface area contributed by atoms with E-state index in [1.54, 1.807) is 30.3 Å². The zero-order valence-corrected chi connectivity index (χ0v) is 15.4. The molecule has 0 bridgehead atoms. The largest absolute Gasteiger partial charge is 0.417 e. The van der Waals surface area contributed by atoms with Crippen molar-refractivity contribution >= 4 is 17.6 Å². The minimum Gasteiger partial charge on any atom is -0.311 e. The molecule has 2 N–H and O–H groups in total. The molecule has 6 nitrogen and oxygen atoms in total. The third-order valence-corrected chi connectivity index (χ3v) is 4.14. The zero-order valence-electron chi connectivity index (χ0n) is 15.4. The van der Waals surface area contributed by atoms with Crippen LogP contribution in [0.15, 0.2) is 77.7 Å². The van der Waals surface area contributed by atoms with Crippen LogP contribution in [0.5, 0.6) is 0 Å². The van der Waals surface area contributed by atoms with E-state index in [1.807, 2.05) is 0 Å². The van der Waals surface area contributed by atoms with Gasteiger partial charge in [-0.15, -0.1) is 0 Å². The number of amides is 3. The number of para-hydroxylation sites is 1. The molecule has 154 valence electrons. The fourth-order valence-electron chi connectivity index (χ4n) is 2.64. The quantitative estimate of drug-likeness (QED) is 0.679. The molecule has 0 spiro atoms. The van der Waals surface area contributed by atoms with Gasteiger partial charge in [0.15, 0.2) is 0 Å². The number of anilines is 1. The van der Waals surface area contributed by atoms with E-state index in [1.165, 1.54) is 24.3 Å². The number of aromatic nitrogens is 1. The number of nitrogens with one attached hydrogen (secondary N) is 2. The number of urea groups is 1. The monoisotopic (exact) mass is 415 g/mol. The van der Waals surface area contributed by atoms with E-state index in [4.69, 9.17) is 0 Å². The molecule has 1 heterocycles. The van der Waals surface area contributed by atoms with Crippen LogP contribution in [0.1, 0.15) is 21.5 Å². The maximum Gasteiger partial charge on any atom is 0.417 e. The fraction of sp³-hybridized carbons (Fsp3) is 0.0952. The number of imide groups is 1. The van der Waals surface area contributed by atoms with E-state index in [0.717, 1.165) is 22.9 Å². The van der Waals surface area contributed by atoms with Crippen molar-refractivity contribution in [1.29, 1.82) is 0 Å². The lowest BCUT2D eigenvalue weighted by molar-refractivity contribution is -0.138. The summed E-state index contributed by atoms with van der Waals surface area (Å²) in [5.74, 6) is -0.647. The molecule has 0 aliphatic heterocycles. The minimum absolute atomic E-state index is 0.0981. The molecule has 3 aromatic rings. The third-order valence-electron chi connectivity index (χ3n) is 4.14. The SMILES string of the molecule is O=C(NC(=O)c1ccc(Cn2cc(C(F)(F)F)ccc2=O)cc1)Nc1ccccc1. The summed E-state index contributed by atoms with van der Waals surface area (Å²) in [5.41, 5.74) is -0.297. The fourth-order valence-corrected chi connectivity index (χ4v) is 2.64. The van der Waals surface area contributed by atoms with Crippen LogP contribution < -0.4 is 16.2 Å². The molecule has 3 amide bonds. The Morgan fingerprint density at radius 2 is 1.57 bits per heavy atom. The standard InChI is InChI=1S/C21H16F3N3O3/c22-21(23,24)16-10-11-18(28)27(13-16)12-14-6-8-15(9-7-14)19(29)26-20(30)25-17-4-2-1-3-5-17/h1-11,13H,12H2,(H2,25,26,29,30). The van der Waals surface area contributed by atoms with E-state index >= 15 is 0 Å². The number of alkyl halides is 3. The van der Waals surface area contributed by atoms with Gasteiger partial charge < -0.3 is 9.88 Å². The molecule has 0 unspecified atom stereocenters. The lowest BCUT2D eigenvalue weighted by Gasteiger charge is -2.11. The number of nitrogens with zero attached hydrogens (tertiary/aromatic N) is 1. The first-order valence-electron chi connectivity index (χ1n) is 8.76. The van der Waals surface area contributed by atoms with Crippen LogP contribution >= 0.6 is 0 Å².